The third kappa shape index (κ3) is 3.67. The molecule has 0 atom stereocenters. The number of unbranched alkanes of at least 4 members (excludes halogenated alkanes) is 1. The Morgan fingerprint density at radius 1 is 1.20 bits per heavy atom. The number of alkyl halides is 1. The zero-order valence-corrected chi connectivity index (χ0v) is 10.0. The van der Waals surface area contributed by atoms with Crippen LogP contribution in [0.15, 0.2) is 0 Å². The first-order valence-electron chi connectivity index (χ1n) is 6.16. The Labute approximate surface area is 97.0 Å². The van der Waals surface area contributed by atoms with Gasteiger partial charge in [0.2, 0.25) is 5.91 Å². The molecule has 0 N–H and O–H groups in total. The van der Waals surface area contributed by atoms with Gasteiger partial charge in [-0.05, 0) is 44.4 Å². The fourth-order valence-electron chi connectivity index (χ4n) is 1.93. The molecule has 2 aliphatic carbocycles. The maximum atomic E-state index is 11.9. The van der Waals surface area contributed by atoms with Gasteiger partial charge in [-0.25, -0.2) is 0 Å². The first kappa shape index (κ1) is 11.3. The highest BCUT2D eigenvalue weighted by atomic mass is 35.5. The predicted molar refractivity (Wildman–Crippen MR) is 62.0 cm³/mol. The van der Waals surface area contributed by atoms with Crippen molar-refractivity contribution < 1.29 is 4.79 Å². The van der Waals surface area contributed by atoms with Gasteiger partial charge in [-0.3, -0.25) is 4.79 Å². The van der Waals surface area contributed by atoms with E-state index < -0.39 is 0 Å². The van der Waals surface area contributed by atoms with Gasteiger partial charge >= 0.3 is 0 Å². The molecule has 0 bridgehead atoms. The summed E-state index contributed by atoms with van der Waals surface area (Å²) in [6, 6.07) is 0.592. The van der Waals surface area contributed by atoms with E-state index in [1.54, 1.807) is 0 Å². The molecule has 2 rings (SSSR count). The van der Waals surface area contributed by atoms with Crippen molar-refractivity contribution >= 4 is 17.5 Å². The summed E-state index contributed by atoms with van der Waals surface area (Å²) in [5.74, 6) is 1.87. The van der Waals surface area contributed by atoms with E-state index in [2.05, 4.69) is 4.90 Å². The maximum Gasteiger partial charge on any atom is 0.222 e. The van der Waals surface area contributed by atoms with Gasteiger partial charge in [0.25, 0.3) is 0 Å². The molecular formula is C12H20ClNO. The molecule has 15 heavy (non-hydrogen) atoms. The predicted octanol–water partition coefficient (Wildman–Crippen LogP) is 2.80. The van der Waals surface area contributed by atoms with Crippen molar-refractivity contribution in [2.45, 2.75) is 51.0 Å². The molecule has 0 aromatic rings. The molecule has 2 fully saturated rings. The van der Waals surface area contributed by atoms with Crippen LogP contribution in [-0.4, -0.2) is 29.3 Å². The van der Waals surface area contributed by atoms with Crippen molar-refractivity contribution in [3.63, 3.8) is 0 Å². The molecule has 0 aromatic heterocycles. The van der Waals surface area contributed by atoms with Crippen LogP contribution in [0.1, 0.15) is 44.9 Å². The summed E-state index contributed by atoms with van der Waals surface area (Å²) in [5, 5.41) is 0. The fourth-order valence-corrected chi connectivity index (χ4v) is 2.12. The van der Waals surface area contributed by atoms with Crippen LogP contribution in [0, 0.1) is 5.92 Å². The number of hydrogen-bond acceptors (Lipinski definition) is 1. The SMILES string of the molecule is O=C(CCCCCl)N(CC1CC1)C1CC1. The largest absolute Gasteiger partial charge is 0.339 e. The highest BCUT2D eigenvalue weighted by Gasteiger charge is 2.35. The minimum Gasteiger partial charge on any atom is -0.339 e. The second-order valence-electron chi connectivity index (χ2n) is 4.87. The molecule has 2 saturated carbocycles. The van der Waals surface area contributed by atoms with E-state index in [0.29, 0.717) is 24.2 Å². The Balaban J connectivity index is 1.72. The van der Waals surface area contributed by atoms with Crippen LogP contribution in [0.25, 0.3) is 0 Å². The highest BCUT2D eigenvalue weighted by molar-refractivity contribution is 6.17. The fraction of sp³-hybridized carbons (Fsp3) is 0.917. The zero-order chi connectivity index (χ0) is 10.7. The Hall–Kier alpha value is -0.240. The topological polar surface area (TPSA) is 20.3 Å². The van der Waals surface area contributed by atoms with E-state index in [1.807, 2.05) is 0 Å². The lowest BCUT2D eigenvalue weighted by Gasteiger charge is -2.22. The Kier molecular flexibility index (Phi) is 3.90. The molecule has 0 aliphatic heterocycles. The van der Waals surface area contributed by atoms with Crippen LogP contribution in [0.5, 0.6) is 0 Å². The minimum absolute atomic E-state index is 0.370. The van der Waals surface area contributed by atoms with Crippen LogP contribution in [-0.2, 0) is 4.79 Å². The van der Waals surface area contributed by atoms with Gasteiger partial charge in [0.05, 0.1) is 0 Å². The van der Waals surface area contributed by atoms with Crippen molar-refractivity contribution in [2.75, 3.05) is 12.4 Å². The van der Waals surface area contributed by atoms with Crippen molar-refractivity contribution in [1.82, 2.24) is 4.90 Å². The van der Waals surface area contributed by atoms with Gasteiger partial charge in [0, 0.05) is 24.9 Å². The lowest BCUT2D eigenvalue weighted by molar-refractivity contribution is -0.132. The smallest absolute Gasteiger partial charge is 0.222 e. The van der Waals surface area contributed by atoms with E-state index >= 15 is 0 Å². The minimum atomic E-state index is 0.370. The third-order valence-electron chi connectivity index (χ3n) is 3.23. The van der Waals surface area contributed by atoms with Crippen LogP contribution >= 0.6 is 11.6 Å². The molecule has 1 amide bonds. The average Bonchev–Trinajstić information content (AvgIpc) is 3.06. The molecule has 2 nitrogen and oxygen atoms in total. The van der Waals surface area contributed by atoms with Crippen LogP contribution in [0.2, 0.25) is 0 Å². The maximum absolute atomic E-state index is 11.9. The summed E-state index contributed by atoms with van der Waals surface area (Å²) in [6.45, 7) is 1.03. The van der Waals surface area contributed by atoms with E-state index in [9.17, 15) is 4.79 Å². The Bertz CT molecular complexity index is 224. The van der Waals surface area contributed by atoms with Crippen molar-refractivity contribution in [3.8, 4) is 0 Å². The third-order valence-corrected chi connectivity index (χ3v) is 3.50. The summed E-state index contributed by atoms with van der Waals surface area (Å²) in [5.41, 5.74) is 0. The number of halogens is 1. The lowest BCUT2D eigenvalue weighted by atomic mass is 10.2. The average molecular weight is 230 g/mol. The number of amides is 1. The molecule has 0 unspecified atom stereocenters. The molecule has 0 heterocycles. The van der Waals surface area contributed by atoms with Crippen LogP contribution < -0.4 is 0 Å². The van der Waals surface area contributed by atoms with Crippen molar-refractivity contribution in [1.29, 1.82) is 0 Å². The number of rotatable bonds is 7. The monoisotopic (exact) mass is 229 g/mol. The van der Waals surface area contributed by atoms with E-state index in [0.717, 1.165) is 25.3 Å². The molecular weight excluding hydrogens is 210 g/mol. The van der Waals surface area contributed by atoms with Gasteiger partial charge in [0.1, 0.15) is 0 Å². The van der Waals surface area contributed by atoms with E-state index in [1.165, 1.54) is 25.7 Å². The van der Waals surface area contributed by atoms with E-state index in [4.69, 9.17) is 11.6 Å². The lowest BCUT2D eigenvalue weighted by Crippen LogP contribution is -2.34. The molecule has 0 radical (unpaired) electrons. The quantitative estimate of drug-likeness (QED) is 0.486. The Morgan fingerprint density at radius 2 is 1.93 bits per heavy atom. The van der Waals surface area contributed by atoms with Gasteiger partial charge in [0.15, 0.2) is 0 Å². The van der Waals surface area contributed by atoms with Crippen molar-refractivity contribution in [3.05, 3.63) is 0 Å². The number of carbonyl (C=O) groups excluding carboxylic acids is 1. The van der Waals surface area contributed by atoms with Gasteiger partial charge < -0.3 is 4.90 Å². The number of nitrogens with zero attached hydrogens (tertiary/aromatic N) is 1. The second kappa shape index (κ2) is 5.20. The number of hydrogen-bond donors (Lipinski definition) is 0. The summed E-state index contributed by atoms with van der Waals surface area (Å²) in [6.07, 6.45) is 7.75. The normalized spacial score (nSPS) is 20.3. The van der Waals surface area contributed by atoms with Crippen LogP contribution in [0.4, 0.5) is 0 Å². The molecule has 0 spiro atoms. The molecule has 2 aliphatic rings. The molecule has 0 saturated heterocycles. The summed E-state index contributed by atoms with van der Waals surface area (Å²) < 4.78 is 0. The first-order valence-corrected chi connectivity index (χ1v) is 6.70. The van der Waals surface area contributed by atoms with Gasteiger partial charge in [-0.15, -0.1) is 11.6 Å². The molecule has 86 valence electrons. The number of carbonyl (C=O) groups is 1. The van der Waals surface area contributed by atoms with Gasteiger partial charge in [-0.1, -0.05) is 0 Å². The molecule has 0 aromatic carbocycles. The first-order chi connectivity index (χ1) is 7.31. The zero-order valence-electron chi connectivity index (χ0n) is 9.25. The summed E-state index contributed by atoms with van der Waals surface area (Å²) >= 11 is 5.61. The standard InChI is InChI=1S/C12H20ClNO/c13-8-2-1-3-12(15)14(11-6-7-11)9-10-4-5-10/h10-11H,1-9H2. The van der Waals surface area contributed by atoms with Crippen LogP contribution in [0.3, 0.4) is 0 Å². The highest BCUT2D eigenvalue weighted by Crippen LogP contribution is 2.35. The summed E-state index contributed by atoms with van der Waals surface area (Å²) in [4.78, 5) is 14.1. The van der Waals surface area contributed by atoms with Gasteiger partial charge in [-0.2, -0.15) is 0 Å². The summed E-state index contributed by atoms with van der Waals surface area (Å²) in [7, 11) is 0. The Morgan fingerprint density at radius 3 is 2.47 bits per heavy atom. The van der Waals surface area contributed by atoms with E-state index in [-0.39, 0.29) is 0 Å². The second-order valence-corrected chi connectivity index (χ2v) is 5.24. The molecule has 3 heteroatoms. The van der Waals surface area contributed by atoms with Crippen molar-refractivity contribution in [2.24, 2.45) is 5.92 Å².